The lowest BCUT2D eigenvalue weighted by atomic mass is 10.1. The van der Waals surface area contributed by atoms with Gasteiger partial charge in [-0.25, -0.2) is 4.39 Å². The van der Waals surface area contributed by atoms with Crippen molar-refractivity contribution in [1.29, 1.82) is 0 Å². The minimum Gasteiger partial charge on any atom is -0.398 e. The Morgan fingerprint density at radius 1 is 1.46 bits per heavy atom. The highest BCUT2D eigenvalue weighted by atomic mass is 32.1. The van der Waals surface area contributed by atoms with Crippen LogP contribution in [0.2, 0.25) is 0 Å². The standard InChI is InChI=1S/C9H6FNOS/c10-7-4-13-9-5(7)1-2-8(11)6(9)3-12/h1-4H,11H2. The number of anilines is 1. The van der Waals surface area contributed by atoms with E-state index in [4.69, 9.17) is 5.73 Å². The van der Waals surface area contributed by atoms with Gasteiger partial charge in [-0.15, -0.1) is 11.3 Å². The third-order valence-corrected chi connectivity index (χ3v) is 2.89. The number of hydrogen-bond acceptors (Lipinski definition) is 3. The Kier molecular flexibility index (Phi) is 1.77. The smallest absolute Gasteiger partial charge is 0.153 e. The third-order valence-electron chi connectivity index (χ3n) is 1.89. The van der Waals surface area contributed by atoms with Gasteiger partial charge in [-0.3, -0.25) is 4.79 Å². The summed E-state index contributed by atoms with van der Waals surface area (Å²) < 4.78 is 13.7. The van der Waals surface area contributed by atoms with Gasteiger partial charge in [-0.1, -0.05) is 0 Å². The molecule has 1 aromatic carbocycles. The van der Waals surface area contributed by atoms with Gasteiger partial charge < -0.3 is 5.73 Å². The molecule has 4 heteroatoms. The molecule has 0 saturated heterocycles. The average Bonchev–Trinajstić information content (AvgIpc) is 2.48. The molecular formula is C9H6FNOS. The van der Waals surface area contributed by atoms with E-state index in [-0.39, 0.29) is 5.82 Å². The molecule has 0 saturated carbocycles. The summed E-state index contributed by atoms with van der Waals surface area (Å²) in [6.45, 7) is 0. The fourth-order valence-electron chi connectivity index (χ4n) is 1.23. The first-order chi connectivity index (χ1) is 6.24. The van der Waals surface area contributed by atoms with E-state index >= 15 is 0 Å². The Morgan fingerprint density at radius 2 is 2.23 bits per heavy atom. The van der Waals surface area contributed by atoms with E-state index in [0.717, 1.165) is 0 Å². The van der Waals surface area contributed by atoms with Crippen LogP contribution in [0, 0.1) is 5.82 Å². The zero-order chi connectivity index (χ0) is 9.42. The highest BCUT2D eigenvalue weighted by molar-refractivity contribution is 7.17. The van der Waals surface area contributed by atoms with Crippen molar-refractivity contribution in [3.8, 4) is 0 Å². The maximum absolute atomic E-state index is 13.0. The van der Waals surface area contributed by atoms with Gasteiger partial charge in [-0.2, -0.15) is 0 Å². The maximum atomic E-state index is 13.0. The van der Waals surface area contributed by atoms with Crippen LogP contribution in [-0.4, -0.2) is 6.29 Å². The van der Waals surface area contributed by atoms with Crippen LogP contribution in [0.15, 0.2) is 17.5 Å². The number of halogens is 1. The molecule has 1 aromatic heterocycles. The summed E-state index contributed by atoms with van der Waals surface area (Å²) in [5, 5.41) is 1.83. The summed E-state index contributed by atoms with van der Waals surface area (Å²) in [6, 6.07) is 3.13. The zero-order valence-corrected chi connectivity index (χ0v) is 7.40. The molecule has 0 atom stereocenters. The fourth-order valence-corrected chi connectivity index (χ4v) is 2.16. The molecule has 13 heavy (non-hydrogen) atoms. The third kappa shape index (κ3) is 1.10. The molecule has 0 spiro atoms. The van der Waals surface area contributed by atoms with Gasteiger partial charge in [0.25, 0.3) is 0 Å². The van der Waals surface area contributed by atoms with Crippen LogP contribution in [0.25, 0.3) is 10.1 Å². The van der Waals surface area contributed by atoms with E-state index in [0.29, 0.717) is 27.6 Å². The van der Waals surface area contributed by atoms with E-state index in [1.165, 1.54) is 16.7 Å². The van der Waals surface area contributed by atoms with Crippen LogP contribution in [0.3, 0.4) is 0 Å². The second kappa shape index (κ2) is 2.81. The van der Waals surface area contributed by atoms with Crippen molar-refractivity contribution < 1.29 is 9.18 Å². The number of nitrogens with two attached hydrogens (primary N) is 1. The quantitative estimate of drug-likeness (QED) is 0.561. The summed E-state index contributed by atoms with van der Waals surface area (Å²) in [6.07, 6.45) is 0.660. The number of carbonyl (C=O) groups excluding carboxylic acids is 1. The second-order valence-electron chi connectivity index (χ2n) is 2.65. The molecule has 0 aliphatic carbocycles. The number of hydrogen-bond donors (Lipinski definition) is 1. The Morgan fingerprint density at radius 3 is 2.92 bits per heavy atom. The normalized spacial score (nSPS) is 10.5. The average molecular weight is 195 g/mol. The van der Waals surface area contributed by atoms with E-state index in [1.807, 2.05) is 0 Å². The van der Waals surface area contributed by atoms with Crippen molar-refractivity contribution in [3.63, 3.8) is 0 Å². The lowest BCUT2D eigenvalue weighted by Crippen LogP contribution is -1.92. The highest BCUT2D eigenvalue weighted by Gasteiger charge is 2.09. The SMILES string of the molecule is Nc1ccc2c(F)csc2c1C=O. The monoisotopic (exact) mass is 195 g/mol. The van der Waals surface area contributed by atoms with Crippen molar-refractivity contribution in [2.24, 2.45) is 0 Å². The Labute approximate surface area is 77.8 Å². The summed E-state index contributed by atoms with van der Waals surface area (Å²) in [4.78, 5) is 10.7. The largest absolute Gasteiger partial charge is 0.398 e. The van der Waals surface area contributed by atoms with E-state index < -0.39 is 0 Å². The Balaban J connectivity index is 2.92. The van der Waals surface area contributed by atoms with Gasteiger partial charge in [0, 0.05) is 21.2 Å². The Bertz CT molecular complexity index is 478. The summed E-state index contributed by atoms with van der Waals surface area (Å²) in [5.41, 5.74) is 6.33. The van der Waals surface area contributed by atoms with Crippen molar-refractivity contribution in [2.45, 2.75) is 0 Å². The first-order valence-electron chi connectivity index (χ1n) is 3.64. The number of aldehydes is 1. The molecule has 0 amide bonds. The summed E-state index contributed by atoms with van der Waals surface area (Å²) in [5.74, 6) is -0.303. The van der Waals surface area contributed by atoms with Gasteiger partial charge in [0.1, 0.15) is 5.82 Å². The highest BCUT2D eigenvalue weighted by Crippen LogP contribution is 2.30. The first kappa shape index (κ1) is 8.19. The van der Waals surface area contributed by atoms with Crippen molar-refractivity contribution >= 4 is 33.4 Å². The van der Waals surface area contributed by atoms with Gasteiger partial charge in [-0.05, 0) is 12.1 Å². The molecule has 2 rings (SSSR count). The molecule has 0 unspecified atom stereocenters. The van der Waals surface area contributed by atoms with Crippen molar-refractivity contribution in [3.05, 3.63) is 28.9 Å². The molecule has 66 valence electrons. The van der Waals surface area contributed by atoms with Crippen LogP contribution in [0.1, 0.15) is 10.4 Å². The second-order valence-corrected chi connectivity index (χ2v) is 3.53. The first-order valence-corrected chi connectivity index (χ1v) is 4.52. The van der Waals surface area contributed by atoms with Crippen LogP contribution < -0.4 is 5.73 Å². The van der Waals surface area contributed by atoms with Gasteiger partial charge in [0.05, 0.1) is 5.56 Å². The molecule has 1 heterocycles. The molecule has 2 aromatic rings. The number of fused-ring (bicyclic) bond motifs is 1. The molecule has 2 N–H and O–H groups in total. The van der Waals surface area contributed by atoms with E-state index in [1.54, 1.807) is 12.1 Å². The van der Waals surface area contributed by atoms with Crippen molar-refractivity contribution in [2.75, 3.05) is 5.73 Å². The number of rotatable bonds is 1. The van der Waals surface area contributed by atoms with E-state index in [9.17, 15) is 9.18 Å². The fraction of sp³-hybridized carbons (Fsp3) is 0. The number of nitrogen functional groups attached to an aromatic ring is 1. The molecule has 0 fully saturated rings. The number of carbonyl (C=O) groups is 1. The summed E-state index contributed by atoms with van der Waals surface area (Å²) in [7, 11) is 0. The minimum absolute atomic E-state index is 0.303. The molecule has 0 bridgehead atoms. The van der Waals surface area contributed by atoms with Gasteiger partial charge in [0.2, 0.25) is 0 Å². The molecule has 0 radical (unpaired) electrons. The molecule has 0 aliphatic rings. The lowest BCUT2D eigenvalue weighted by Gasteiger charge is -1.98. The zero-order valence-electron chi connectivity index (χ0n) is 6.58. The lowest BCUT2D eigenvalue weighted by molar-refractivity contribution is 0.112. The summed E-state index contributed by atoms with van der Waals surface area (Å²) >= 11 is 1.19. The molecule has 0 aliphatic heterocycles. The number of benzene rings is 1. The minimum atomic E-state index is -0.303. The van der Waals surface area contributed by atoms with Crippen molar-refractivity contribution in [1.82, 2.24) is 0 Å². The maximum Gasteiger partial charge on any atom is 0.153 e. The molecular weight excluding hydrogens is 189 g/mol. The predicted octanol–water partition coefficient (Wildman–Crippen LogP) is 2.44. The van der Waals surface area contributed by atoms with Gasteiger partial charge in [0.15, 0.2) is 6.29 Å². The van der Waals surface area contributed by atoms with Crippen LogP contribution >= 0.6 is 11.3 Å². The van der Waals surface area contributed by atoms with Crippen LogP contribution in [0.5, 0.6) is 0 Å². The predicted molar refractivity (Wildman–Crippen MR) is 51.6 cm³/mol. The number of thiophene rings is 1. The topological polar surface area (TPSA) is 43.1 Å². The molecule has 2 nitrogen and oxygen atoms in total. The van der Waals surface area contributed by atoms with Gasteiger partial charge >= 0.3 is 0 Å². The van der Waals surface area contributed by atoms with Crippen LogP contribution in [0.4, 0.5) is 10.1 Å². The van der Waals surface area contributed by atoms with E-state index in [2.05, 4.69) is 0 Å². The Hall–Kier alpha value is -1.42. The van der Waals surface area contributed by atoms with Crippen LogP contribution in [-0.2, 0) is 0 Å².